The number of aryl methyl sites for hydroxylation is 1. The minimum absolute atomic E-state index is 0.0339. The van der Waals surface area contributed by atoms with Crippen LogP contribution in [-0.4, -0.2) is 77.3 Å². The highest BCUT2D eigenvalue weighted by Gasteiger charge is 2.46. The number of esters is 1. The Hall–Kier alpha value is -3.89. The van der Waals surface area contributed by atoms with Crippen LogP contribution in [-0.2, 0) is 23.9 Å². The maximum atomic E-state index is 13.6. The molecule has 5 rings (SSSR count). The van der Waals surface area contributed by atoms with Crippen LogP contribution < -0.4 is 10.6 Å². The molecule has 0 radical (unpaired) electrons. The maximum absolute atomic E-state index is 13.6. The Morgan fingerprint density at radius 2 is 1.82 bits per heavy atom. The molecule has 1 aromatic carbocycles. The molecule has 0 aliphatic carbocycles. The molecule has 2 aromatic rings. The molecule has 214 valence electrons. The average Bonchev–Trinajstić information content (AvgIpc) is 3.59. The Morgan fingerprint density at radius 1 is 1.07 bits per heavy atom. The van der Waals surface area contributed by atoms with Gasteiger partial charge in [-0.25, -0.2) is 4.99 Å². The maximum Gasteiger partial charge on any atom is 0.307 e. The van der Waals surface area contributed by atoms with Gasteiger partial charge in [-0.2, -0.15) is 0 Å². The fourth-order valence-corrected chi connectivity index (χ4v) is 5.66. The van der Waals surface area contributed by atoms with E-state index in [2.05, 4.69) is 10.6 Å². The summed E-state index contributed by atoms with van der Waals surface area (Å²) in [5.41, 5.74) is 0.406. The van der Waals surface area contributed by atoms with Crippen LogP contribution in [0.4, 0.5) is 5.69 Å². The van der Waals surface area contributed by atoms with E-state index in [1.54, 1.807) is 24.8 Å². The van der Waals surface area contributed by atoms with E-state index in [4.69, 9.17) is 14.1 Å². The van der Waals surface area contributed by atoms with E-state index in [9.17, 15) is 19.2 Å². The van der Waals surface area contributed by atoms with E-state index >= 15 is 0 Å². The number of benzene rings is 1. The van der Waals surface area contributed by atoms with E-state index in [1.807, 2.05) is 30.0 Å². The molecule has 0 bridgehead atoms. The van der Waals surface area contributed by atoms with Gasteiger partial charge in [-0.3, -0.25) is 24.5 Å². The van der Waals surface area contributed by atoms with Crippen molar-refractivity contribution in [3.63, 3.8) is 0 Å². The van der Waals surface area contributed by atoms with Crippen LogP contribution >= 0.6 is 0 Å². The molecular formula is C29H37N5O6. The topological polar surface area (TPSA) is 134 Å². The molecule has 40 heavy (non-hydrogen) atoms. The number of carbonyl (C=O) groups is 4. The summed E-state index contributed by atoms with van der Waals surface area (Å²) < 4.78 is 11.0. The van der Waals surface area contributed by atoms with Gasteiger partial charge in [0, 0.05) is 30.7 Å². The summed E-state index contributed by atoms with van der Waals surface area (Å²) >= 11 is 0. The van der Waals surface area contributed by atoms with Crippen LogP contribution in [0.15, 0.2) is 33.7 Å². The van der Waals surface area contributed by atoms with Crippen LogP contribution in [0.25, 0.3) is 11.0 Å². The molecule has 4 heterocycles. The molecule has 2 N–H and O–H groups in total. The highest BCUT2D eigenvalue weighted by atomic mass is 16.6. The fourth-order valence-electron chi connectivity index (χ4n) is 5.66. The van der Waals surface area contributed by atoms with Crippen molar-refractivity contribution in [2.24, 2.45) is 10.9 Å². The summed E-state index contributed by atoms with van der Waals surface area (Å²) in [7, 11) is 0. The number of nitrogens with zero attached hydrogens (tertiary/aromatic N) is 3. The number of guanidine groups is 1. The molecule has 3 saturated heterocycles. The molecule has 0 spiro atoms. The van der Waals surface area contributed by atoms with Crippen LogP contribution in [0.1, 0.15) is 58.1 Å². The van der Waals surface area contributed by atoms with Gasteiger partial charge in [0.25, 0.3) is 0 Å². The monoisotopic (exact) mass is 551 g/mol. The van der Waals surface area contributed by atoms with Gasteiger partial charge in [0.05, 0.1) is 18.9 Å². The first kappa shape index (κ1) is 27.7. The SMILES string of the molecule is Cc1cc2cc(NC(=N[C@H]3CCCCN(CC(=O)N4CCCC4)C3=O)NC(=O)C3CC(=O)OC3(C)C)ccc2o1. The summed E-state index contributed by atoms with van der Waals surface area (Å²) in [6.45, 7) is 7.25. The van der Waals surface area contributed by atoms with E-state index in [-0.39, 0.29) is 30.7 Å². The molecule has 11 heteroatoms. The summed E-state index contributed by atoms with van der Waals surface area (Å²) in [5.74, 6) is -0.983. The number of furan rings is 1. The first-order valence-electron chi connectivity index (χ1n) is 14.0. The zero-order valence-electron chi connectivity index (χ0n) is 23.3. The number of cyclic esters (lactones) is 1. The zero-order valence-corrected chi connectivity index (χ0v) is 23.3. The number of carbonyl (C=O) groups excluding carboxylic acids is 4. The number of nitrogens with one attached hydrogen (secondary N) is 2. The minimum Gasteiger partial charge on any atom is -0.461 e. The molecular weight excluding hydrogens is 514 g/mol. The van der Waals surface area contributed by atoms with Gasteiger partial charge in [0.1, 0.15) is 23.0 Å². The number of anilines is 1. The van der Waals surface area contributed by atoms with Crippen molar-refractivity contribution in [2.75, 3.05) is 31.5 Å². The largest absolute Gasteiger partial charge is 0.461 e. The smallest absolute Gasteiger partial charge is 0.307 e. The van der Waals surface area contributed by atoms with E-state index in [0.29, 0.717) is 18.7 Å². The van der Waals surface area contributed by atoms with Crippen molar-refractivity contribution in [3.8, 4) is 0 Å². The van der Waals surface area contributed by atoms with Crippen molar-refractivity contribution in [1.82, 2.24) is 15.1 Å². The van der Waals surface area contributed by atoms with Crippen molar-refractivity contribution in [2.45, 2.75) is 70.9 Å². The molecule has 1 unspecified atom stereocenters. The van der Waals surface area contributed by atoms with Crippen LogP contribution in [0.5, 0.6) is 0 Å². The van der Waals surface area contributed by atoms with E-state index in [1.165, 1.54) is 0 Å². The average molecular weight is 552 g/mol. The summed E-state index contributed by atoms with van der Waals surface area (Å²) in [6, 6.07) is 6.62. The third-order valence-electron chi connectivity index (χ3n) is 7.87. The Morgan fingerprint density at radius 3 is 2.55 bits per heavy atom. The Kier molecular flexibility index (Phi) is 7.82. The van der Waals surface area contributed by atoms with Crippen LogP contribution in [0.2, 0.25) is 0 Å². The predicted molar refractivity (Wildman–Crippen MR) is 148 cm³/mol. The fraction of sp³-hybridized carbons (Fsp3) is 0.552. The van der Waals surface area contributed by atoms with Gasteiger partial charge in [0.2, 0.25) is 23.7 Å². The zero-order chi connectivity index (χ0) is 28.4. The van der Waals surface area contributed by atoms with Gasteiger partial charge in [-0.15, -0.1) is 0 Å². The lowest BCUT2D eigenvalue weighted by Crippen LogP contribution is -2.47. The third-order valence-corrected chi connectivity index (χ3v) is 7.87. The quantitative estimate of drug-likeness (QED) is 0.332. The second-order valence-electron chi connectivity index (χ2n) is 11.4. The number of rotatable bonds is 5. The van der Waals surface area contributed by atoms with E-state index in [0.717, 1.165) is 55.5 Å². The van der Waals surface area contributed by atoms with Gasteiger partial charge < -0.3 is 24.3 Å². The summed E-state index contributed by atoms with van der Waals surface area (Å²) in [5, 5.41) is 6.87. The van der Waals surface area contributed by atoms with Gasteiger partial charge >= 0.3 is 5.97 Å². The summed E-state index contributed by atoms with van der Waals surface area (Å²) in [4.78, 5) is 59.8. The normalized spacial score (nSPS) is 23.3. The van der Waals surface area contributed by atoms with Gasteiger partial charge in [-0.1, -0.05) is 0 Å². The number of likely N-dealkylation sites (tertiary alicyclic amines) is 2. The Bertz CT molecular complexity index is 1340. The first-order valence-corrected chi connectivity index (χ1v) is 14.0. The highest BCUT2D eigenvalue weighted by molar-refractivity contribution is 6.07. The Balaban J connectivity index is 1.39. The van der Waals surface area contributed by atoms with E-state index < -0.39 is 29.4 Å². The van der Waals surface area contributed by atoms with Crippen molar-refractivity contribution in [3.05, 3.63) is 30.0 Å². The minimum atomic E-state index is -0.968. The first-order chi connectivity index (χ1) is 19.1. The van der Waals surface area contributed by atoms with Crippen molar-refractivity contribution < 1.29 is 28.3 Å². The Labute approximate surface area is 233 Å². The third kappa shape index (κ3) is 6.13. The van der Waals surface area contributed by atoms with Gasteiger partial charge in [0.15, 0.2) is 0 Å². The lowest BCUT2D eigenvalue weighted by Gasteiger charge is -2.26. The molecule has 0 saturated carbocycles. The molecule has 3 fully saturated rings. The number of ether oxygens (including phenoxy) is 1. The second-order valence-corrected chi connectivity index (χ2v) is 11.4. The van der Waals surface area contributed by atoms with Crippen molar-refractivity contribution >= 4 is 46.3 Å². The molecule has 1 aromatic heterocycles. The number of hydrogen-bond acceptors (Lipinski definition) is 7. The predicted octanol–water partition coefficient (Wildman–Crippen LogP) is 2.97. The summed E-state index contributed by atoms with van der Waals surface area (Å²) in [6.07, 6.45) is 3.95. The van der Waals surface area contributed by atoms with Crippen LogP contribution in [0.3, 0.4) is 0 Å². The van der Waals surface area contributed by atoms with Crippen molar-refractivity contribution in [1.29, 1.82) is 0 Å². The molecule has 3 amide bonds. The number of aliphatic imine (C=N–C) groups is 1. The molecule has 2 atom stereocenters. The molecule has 3 aliphatic heterocycles. The second kappa shape index (κ2) is 11.3. The number of fused-ring (bicyclic) bond motifs is 1. The highest BCUT2D eigenvalue weighted by Crippen LogP contribution is 2.32. The number of hydrogen-bond donors (Lipinski definition) is 2. The molecule has 11 nitrogen and oxygen atoms in total. The number of amides is 3. The van der Waals surface area contributed by atoms with Crippen LogP contribution in [0, 0.1) is 12.8 Å². The van der Waals surface area contributed by atoms with Gasteiger partial charge in [-0.05, 0) is 77.1 Å². The lowest BCUT2D eigenvalue weighted by atomic mass is 9.90. The standard InChI is InChI=1S/C29H37N5O6/c1-18-14-19-15-20(9-10-23(19)39-18)30-28(32-26(37)21-16-25(36)40-29(21,2)3)31-22-8-4-5-13-34(27(22)38)17-24(35)33-11-6-7-12-33/h9-10,14-15,21-22H,4-8,11-13,16-17H2,1-3H3,(H2,30,31,32,37)/t21?,22-/m0/s1. The molecule has 3 aliphatic rings. The lowest BCUT2D eigenvalue weighted by molar-refractivity contribution is -0.147.